The van der Waals surface area contributed by atoms with Gasteiger partial charge in [-0.2, -0.15) is 0 Å². The molecule has 1 unspecified atom stereocenters. The van der Waals surface area contributed by atoms with Crippen LogP contribution in [0.1, 0.15) is 58.3 Å². The molecule has 0 aliphatic heterocycles. The molecule has 1 atom stereocenters. The third-order valence-corrected chi connectivity index (χ3v) is 3.05. The van der Waals surface area contributed by atoms with Crippen molar-refractivity contribution in [2.24, 2.45) is 5.92 Å². The van der Waals surface area contributed by atoms with E-state index in [4.69, 9.17) is 0 Å². The molecule has 1 nitrogen and oxygen atoms in total. The van der Waals surface area contributed by atoms with Crippen molar-refractivity contribution in [3.05, 3.63) is 0 Å². The van der Waals surface area contributed by atoms with Crippen molar-refractivity contribution < 1.29 is 5.11 Å². The summed E-state index contributed by atoms with van der Waals surface area (Å²) in [6, 6.07) is 0. The topological polar surface area (TPSA) is 20.2 Å². The zero-order valence-electron chi connectivity index (χ0n) is 8.26. The highest BCUT2D eigenvalue weighted by Crippen LogP contribution is 2.28. The maximum atomic E-state index is 9.81. The Hall–Kier alpha value is -0.0400. The van der Waals surface area contributed by atoms with E-state index in [1.807, 2.05) is 0 Å². The quantitative estimate of drug-likeness (QED) is 0.687. The second kappa shape index (κ2) is 5.58. The molecule has 1 N–H and O–H groups in total. The van der Waals surface area contributed by atoms with Crippen LogP contribution >= 0.6 is 0 Å². The fourth-order valence-electron chi connectivity index (χ4n) is 2.17. The molecule has 0 heterocycles. The monoisotopic (exact) mass is 170 g/mol. The molecule has 0 aromatic heterocycles. The van der Waals surface area contributed by atoms with E-state index in [0.717, 1.165) is 6.42 Å². The van der Waals surface area contributed by atoms with Crippen LogP contribution in [0.25, 0.3) is 0 Å². The largest absolute Gasteiger partial charge is 0.393 e. The van der Waals surface area contributed by atoms with Crippen LogP contribution < -0.4 is 0 Å². The molecular weight excluding hydrogens is 148 g/mol. The molecular formula is C11H22O. The minimum absolute atomic E-state index is 0.00486. The van der Waals surface area contributed by atoms with Crippen molar-refractivity contribution in [1.82, 2.24) is 0 Å². The van der Waals surface area contributed by atoms with Crippen molar-refractivity contribution in [2.75, 3.05) is 0 Å². The van der Waals surface area contributed by atoms with Gasteiger partial charge in [-0.1, -0.05) is 39.0 Å². The number of aliphatic hydroxyl groups excluding tert-OH is 1. The van der Waals surface area contributed by atoms with Gasteiger partial charge in [0.05, 0.1) is 6.10 Å². The number of hydrogen-bond acceptors (Lipinski definition) is 1. The van der Waals surface area contributed by atoms with Crippen LogP contribution in [0.3, 0.4) is 0 Å². The van der Waals surface area contributed by atoms with Gasteiger partial charge in [0.25, 0.3) is 0 Å². The van der Waals surface area contributed by atoms with Crippen LogP contribution in [0.2, 0.25) is 0 Å². The minimum Gasteiger partial charge on any atom is -0.393 e. The first kappa shape index (κ1) is 10.0. The molecule has 1 rings (SSSR count). The summed E-state index contributed by atoms with van der Waals surface area (Å²) in [5.74, 6) is 0.630. The van der Waals surface area contributed by atoms with Gasteiger partial charge in [0.2, 0.25) is 0 Å². The van der Waals surface area contributed by atoms with E-state index in [9.17, 15) is 5.11 Å². The summed E-state index contributed by atoms with van der Waals surface area (Å²) >= 11 is 0. The van der Waals surface area contributed by atoms with Crippen molar-refractivity contribution in [3.8, 4) is 0 Å². The summed E-state index contributed by atoms with van der Waals surface area (Å²) in [6.07, 6.45) is 10.0. The van der Waals surface area contributed by atoms with Crippen molar-refractivity contribution in [3.63, 3.8) is 0 Å². The number of aliphatic hydroxyl groups is 1. The molecule has 1 saturated carbocycles. The van der Waals surface area contributed by atoms with E-state index in [1.54, 1.807) is 0 Å². The van der Waals surface area contributed by atoms with Crippen molar-refractivity contribution >= 4 is 0 Å². The Morgan fingerprint density at radius 3 is 2.50 bits per heavy atom. The summed E-state index contributed by atoms with van der Waals surface area (Å²) in [5.41, 5.74) is 0. The highest BCUT2D eigenvalue weighted by molar-refractivity contribution is 4.72. The molecule has 0 amide bonds. The lowest BCUT2D eigenvalue weighted by Crippen LogP contribution is -2.22. The third kappa shape index (κ3) is 3.14. The lowest BCUT2D eigenvalue weighted by molar-refractivity contribution is 0.0753. The minimum atomic E-state index is 0.00486. The Balaban J connectivity index is 2.15. The molecule has 0 saturated heterocycles. The maximum absolute atomic E-state index is 9.81. The first-order valence-electron chi connectivity index (χ1n) is 5.52. The fraction of sp³-hybridized carbons (Fsp3) is 1.00. The van der Waals surface area contributed by atoms with E-state index in [2.05, 4.69) is 6.92 Å². The SMILES string of the molecule is CCCCC(O)C1CCCCC1. The maximum Gasteiger partial charge on any atom is 0.0568 e. The third-order valence-electron chi connectivity index (χ3n) is 3.05. The average Bonchev–Trinajstić information content (AvgIpc) is 2.15. The second-order valence-electron chi connectivity index (χ2n) is 4.11. The molecule has 0 radical (unpaired) electrons. The Labute approximate surface area is 76.2 Å². The first-order valence-corrected chi connectivity index (χ1v) is 5.52. The normalized spacial score (nSPS) is 22.5. The molecule has 0 aromatic rings. The van der Waals surface area contributed by atoms with Crippen LogP contribution in [-0.2, 0) is 0 Å². The van der Waals surface area contributed by atoms with Gasteiger partial charge in [-0.3, -0.25) is 0 Å². The lowest BCUT2D eigenvalue weighted by atomic mass is 9.84. The lowest BCUT2D eigenvalue weighted by Gasteiger charge is -2.26. The summed E-state index contributed by atoms with van der Waals surface area (Å²) < 4.78 is 0. The van der Waals surface area contributed by atoms with E-state index >= 15 is 0 Å². The molecule has 0 spiro atoms. The molecule has 1 aliphatic carbocycles. The van der Waals surface area contributed by atoms with Gasteiger partial charge in [0.15, 0.2) is 0 Å². The number of unbranched alkanes of at least 4 members (excludes halogenated alkanes) is 1. The van der Waals surface area contributed by atoms with Crippen LogP contribution in [-0.4, -0.2) is 11.2 Å². The summed E-state index contributed by atoms with van der Waals surface area (Å²) in [4.78, 5) is 0. The smallest absolute Gasteiger partial charge is 0.0568 e. The van der Waals surface area contributed by atoms with Gasteiger partial charge in [-0.15, -0.1) is 0 Å². The molecule has 1 heteroatoms. The van der Waals surface area contributed by atoms with Gasteiger partial charge in [0.1, 0.15) is 0 Å². The second-order valence-corrected chi connectivity index (χ2v) is 4.11. The predicted octanol–water partition coefficient (Wildman–Crippen LogP) is 3.12. The summed E-state index contributed by atoms with van der Waals surface area (Å²) in [5, 5.41) is 9.81. The zero-order chi connectivity index (χ0) is 8.81. The van der Waals surface area contributed by atoms with Crippen molar-refractivity contribution in [1.29, 1.82) is 0 Å². The summed E-state index contributed by atoms with van der Waals surface area (Å²) in [7, 11) is 0. The van der Waals surface area contributed by atoms with Gasteiger partial charge in [0, 0.05) is 0 Å². The van der Waals surface area contributed by atoms with E-state index < -0.39 is 0 Å². The molecule has 12 heavy (non-hydrogen) atoms. The van der Waals surface area contributed by atoms with E-state index in [-0.39, 0.29) is 6.10 Å². The van der Waals surface area contributed by atoms with E-state index in [0.29, 0.717) is 5.92 Å². The van der Waals surface area contributed by atoms with Crippen LogP contribution in [0.5, 0.6) is 0 Å². The molecule has 72 valence electrons. The van der Waals surface area contributed by atoms with Gasteiger partial charge in [-0.25, -0.2) is 0 Å². The Bertz CT molecular complexity index is 106. The van der Waals surface area contributed by atoms with Gasteiger partial charge in [-0.05, 0) is 25.2 Å². The van der Waals surface area contributed by atoms with E-state index in [1.165, 1.54) is 44.9 Å². The standard InChI is InChI=1S/C11H22O/c1-2-3-9-11(12)10-7-5-4-6-8-10/h10-12H,2-9H2,1H3. The molecule has 1 aliphatic rings. The highest BCUT2D eigenvalue weighted by atomic mass is 16.3. The number of hydrogen-bond donors (Lipinski definition) is 1. The van der Waals surface area contributed by atoms with Crippen molar-refractivity contribution in [2.45, 2.75) is 64.4 Å². The summed E-state index contributed by atoms with van der Waals surface area (Å²) in [6.45, 7) is 2.19. The highest BCUT2D eigenvalue weighted by Gasteiger charge is 2.20. The van der Waals surface area contributed by atoms with Gasteiger partial charge >= 0.3 is 0 Å². The van der Waals surface area contributed by atoms with Crippen LogP contribution in [0, 0.1) is 5.92 Å². The fourth-order valence-corrected chi connectivity index (χ4v) is 2.17. The van der Waals surface area contributed by atoms with Gasteiger partial charge < -0.3 is 5.11 Å². The van der Waals surface area contributed by atoms with Crippen LogP contribution in [0.4, 0.5) is 0 Å². The Morgan fingerprint density at radius 2 is 1.92 bits per heavy atom. The zero-order valence-corrected chi connectivity index (χ0v) is 8.26. The Morgan fingerprint density at radius 1 is 1.25 bits per heavy atom. The molecule has 0 bridgehead atoms. The average molecular weight is 170 g/mol. The first-order chi connectivity index (χ1) is 5.84. The van der Waals surface area contributed by atoms with Crippen LogP contribution in [0.15, 0.2) is 0 Å². The Kier molecular flexibility index (Phi) is 4.67. The molecule has 0 aromatic carbocycles. The molecule has 1 fully saturated rings. The predicted molar refractivity (Wildman–Crippen MR) is 52.1 cm³/mol. The number of rotatable bonds is 4.